The molecule has 0 saturated heterocycles. The van der Waals surface area contributed by atoms with Gasteiger partial charge in [0.05, 0.1) is 36.9 Å². The summed E-state index contributed by atoms with van der Waals surface area (Å²) in [5.74, 6) is -0.0120. The number of hydrogen-bond donors (Lipinski definition) is 2. The van der Waals surface area contributed by atoms with Gasteiger partial charge in [0, 0.05) is 4.88 Å². The number of aryl methyl sites for hydroxylation is 1. The van der Waals surface area contributed by atoms with Crippen molar-refractivity contribution in [1.29, 1.82) is 0 Å². The molecule has 9 heteroatoms. The second-order valence-electron chi connectivity index (χ2n) is 5.31. The summed E-state index contributed by atoms with van der Waals surface area (Å²) < 4.78 is 16.3. The lowest BCUT2D eigenvalue weighted by Crippen LogP contribution is -2.18. The molecule has 0 fully saturated rings. The molecular weight excluding hydrogens is 424 g/mol. The summed E-state index contributed by atoms with van der Waals surface area (Å²) in [5, 5.41) is 3.15. The van der Waals surface area contributed by atoms with Gasteiger partial charge in [-0.25, -0.2) is 0 Å². The van der Waals surface area contributed by atoms with Crippen LogP contribution >= 0.6 is 27.3 Å². The third-order valence-corrected chi connectivity index (χ3v) is 5.78. The number of nitrogens with two attached hydrogens (primary N) is 1. The van der Waals surface area contributed by atoms with Gasteiger partial charge in [-0.2, -0.15) is 0 Å². The Morgan fingerprint density at radius 1 is 1.12 bits per heavy atom. The molecule has 0 aliphatic heterocycles. The minimum Gasteiger partial charge on any atom is -0.493 e. The van der Waals surface area contributed by atoms with Crippen molar-refractivity contribution in [1.82, 2.24) is 0 Å². The monoisotopic (exact) mass is 442 g/mol. The van der Waals surface area contributed by atoms with Crippen LogP contribution in [0.3, 0.4) is 0 Å². The molecule has 3 N–H and O–H groups in total. The highest BCUT2D eigenvalue weighted by Gasteiger charge is 2.25. The van der Waals surface area contributed by atoms with Crippen molar-refractivity contribution < 1.29 is 23.8 Å². The van der Waals surface area contributed by atoms with Crippen molar-refractivity contribution in [3.05, 3.63) is 32.1 Å². The number of rotatable bonds is 6. The molecule has 1 aromatic carbocycles. The van der Waals surface area contributed by atoms with Gasteiger partial charge in [-0.15, -0.1) is 11.3 Å². The summed E-state index contributed by atoms with van der Waals surface area (Å²) in [4.78, 5) is 25.5. The zero-order valence-corrected chi connectivity index (χ0v) is 17.4. The van der Waals surface area contributed by atoms with Gasteiger partial charge < -0.3 is 25.3 Å². The number of halogens is 1. The number of thiophene rings is 1. The topological polar surface area (TPSA) is 99.9 Å². The predicted molar refractivity (Wildman–Crippen MR) is 104 cm³/mol. The predicted octanol–water partition coefficient (Wildman–Crippen LogP) is 3.50. The average molecular weight is 443 g/mol. The molecule has 7 nitrogen and oxygen atoms in total. The SMILES string of the molecule is COc1cc(C(=O)Nc2sc(C)c(C)c2C(N)=O)c(Br)c(OC)c1OC. The van der Waals surface area contributed by atoms with E-state index >= 15 is 0 Å². The summed E-state index contributed by atoms with van der Waals surface area (Å²) in [6.07, 6.45) is 0. The largest absolute Gasteiger partial charge is 0.493 e. The smallest absolute Gasteiger partial charge is 0.257 e. The molecule has 2 amide bonds. The Morgan fingerprint density at radius 2 is 1.73 bits per heavy atom. The van der Waals surface area contributed by atoms with E-state index in [0.717, 1.165) is 10.4 Å². The quantitative estimate of drug-likeness (QED) is 0.712. The molecule has 0 aliphatic rings. The van der Waals surface area contributed by atoms with Crippen LogP contribution in [-0.2, 0) is 0 Å². The molecule has 0 bridgehead atoms. The Bertz CT molecular complexity index is 879. The van der Waals surface area contributed by atoms with Crippen molar-refractivity contribution in [2.24, 2.45) is 5.73 Å². The van der Waals surface area contributed by atoms with Gasteiger partial charge in [0.2, 0.25) is 5.75 Å². The fourth-order valence-corrected chi connectivity index (χ4v) is 4.17. The number of benzene rings is 1. The Morgan fingerprint density at radius 3 is 2.23 bits per heavy atom. The third kappa shape index (κ3) is 3.49. The van der Waals surface area contributed by atoms with E-state index in [4.69, 9.17) is 19.9 Å². The maximum Gasteiger partial charge on any atom is 0.257 e. The zero-order chi connectivity index (χ0) is 19.6. The average Bonchev–Trinajstić information content (AvgIpc) is 2.87. The van der Waals surface area contributed by atoms with Crippen LogP contribution in [0.5, 0.6) is 17.2 Å². The van der Waals surface area contributed by atoms with E-state index < -0.39 is 11.8 Å². The normalized spacial score (nSPS) is 10.4. The van der Waals surface area contributed by atoms with Gasteiger partial charge in [0.1, 0.15) is 5.00 Å². The molecule has 26 heavy (non-hydrogen) atoms. The highest BCUT2D eigenvalue weighted by atomic mass is 79.9. The number of amides is 2. The first kappa shape index (κ1) is 20.1. The Labute approximate surface area is 163 Å². The minimum atomic E-state index is -0.592. The van der Waals surface area contributed by atoms with Gasteiger partial charge in [0.15, 0.2) is 11.5 Å². The number of methoxy groups -OCH3 is 3. The van der Waals surface area contributed by atoms with Crippen molar-refractivity contribution >= 4 is 44.1 Å². The first-order valence-electron chi connectivity index (χ1n) is 7.46. The standard InChI is InChI=1S/C17H19BrN2O5S/c1-7-8(2)26-17(11(7)15(19)21)20-16(22)9-6-10(23-3)13(24-4)14(25-5)12(9)18/h6H,1-5H3,(H2,19,21)(H,20,22). The van der Waals surface area contributed by atoms with E-state index in [1.165, 1.54) is 38.7 Å². The van der Waals surface area contributed by atoms with Gasteiger partial charge in [0.25, 0.3) is 11.8 Å². The van der Waals surface area contributed by atoms with Crippen molar-refractivity contribution in [2.45, 2.75) is 13.8 Å². The van der Waals surface area contributed by atoms with E-state index in [1.54, 1.807) is 6.92 Å². The summed E-state index contributed by atoms with van der Waals surface area (Å²) >= 11 is 4.66. The highest BCUT2D eigenvalue weighted by molar-refractivity contribution is 9.10. The van der Waals surface area contributed by atoms with Crippen molar-refractivity contribution in [3.63, 3.8) is 0 Å². The lowest BCUT2D eigenvalue weighted by molar-refractivity contribution is 0.100. The molecule has 0 saturated carbocycles. The first-order valence-corrected chi connectivity index (χ1v) is 9.07. The molecule has 140 valence electrons. The van der Waals surface area contributed by atoms with Gasteiger partial charge in [-0.05, 0) is 41.4 Å². The van der Waals surface area contributed by atoms with Crippen LogP contribution in [0.1, 0.15) is 31.2 Å². The second-order valence-corrected chi connectivity index (χ2v) is 7.33. The zero-order valence-electron chi connectivity index (χ0n) is 15.0. The third-order valence-electron chi connectivity index (χ3n) is 3.87. The van der Waals surface area contributed by atoms with Crippen LogP contribution in [0.2, 0.25) is 0 Å². The molecule has 0 spiro atoms. The minimum absolute atomic E-state index is 0.263. The van der Waals surface area contributed by atoms with Crippen LogP contribution in [0.4, 0.5) is 5.00 Å². The molecule has 2 rings (SSSR count). The number of carbonyl (C=O) groups excluding carboxylic acids is 2. The lowest BCUT2D eigenvalue weighted by atomic mass is 10.1. The number of anilines is 1. The number of primary amides is 1. The maximum atomic E-state index is 12.8. The maximum absolute atomic E-state index is 12.8. The molecular formula is C17H19BrN2O5S. The Hall–Kier alpha value is -2.26. The van der Waals surface area contributed by atoms with Crippen LogP contribution in [-0.4, -0.2) is 33.1 Å². The van der Waals surface area contributed by atoms with Crippen LogP contribution in [0.25, 0.3) is 0 Å². The van der Waals surface area contributed by atoms with Gasteiger partial charge in [-0.1, -0.05) is 0 Å². The molecule has 1 aromatic heterocycles. The molecule has 0 radical (unpaired) electrons. The van der Waals surface area contributed by atoms with E-state index in [-0.39, 0.29) is 5.56 Å². The van der Waals surface area contributed by atoms with Crippen molar-refractivity contribution in [3.8, 4) is 17.2 Å². The summed E-state index contributed by atoms with van der Waals surface area (Å²) in [6, 6.07) is 1.53. The van der Waals surface area contributed by atoms with Crippen LogP contribution in [0, 0.1) is 13.8 Å². The molecule has 2 aromatic rings. The van der Waals surface area contributed by atoms with Gasteiger partial charge >= 0.3 is 0 Å². The molecule has 0 atom stereocenters. The highest BCUT2D eigenvalue weighted by Crippen LogP contribution is 2.45. The molecule has 0 aliphatic carbocycles. The number of nitrogens with one attached hydrogen (secondary N) is 1. The summed E-state index contributed by atoms with van der Waals surface area (Å²) in [6.45, 7) is 3.65. The fraction of sp³-hybridized carbons (Fsp3) is 0.294. The Kier molecular flexibility index (Phi) is 6.14. The van der Waals surface area contributed by atoms with E-state index in [2.05, 4.69) is 21.2 Å². The number of hydrogen-bond acceptors (Lipinski definition) is 6. The fourth-order valence-electron chi connectivity index (χ4n) is 2.47. The summed E-state index contributed by atoms with van der Waals surface area (Å²) in [7, 11) is 4.40. The molecule has 1 heterocycles. The molecule has 0 unspecified atom stereocenters. The number of carbonyl (C=O) groups is 2. The van der Waals surface area contributed by atoms with Crippen LogP contribution in [0.15, 0.2) is 10.5 Å². The van der Waals surface area contributed by atoms with E-state index in [9.17, 15) is 9.59 Å². The van der Waals surface area contributed by atoms with Gasteiger partial charge in [-0.3, -0.25) is 9.59 Å². The first-order chi connectivity index (χ1) is 12.3. The lowest BCUT2D eigenvalue weighted by Gasteiger charge is -2.16. The number of ether oxygens (including phenoxy) is 3. The van der Waals surface area contributed by atoms with Crippen LogP contribution < -0.4 is 25.3 Å². The van der Waals surface area contributed by atoms with E-state index in [1.807, 2.05) is 6.92 Å². The Balaban J connectivity index is 2.52. The van der Waals surface area contributed by atoms with Crippen molar-refractivity contribution in [2.75, 3.05) is 26.6 Å². The second kappa shape index (κ2) is 7.96. The van der Waals surface area contributed by atoms with E-state index in [0.29, 0.717) is 32.3 Å². The summed E-state index contributed by atoms with van der Waals surface area (Å²) in [5.41, 5.74) is 6.78.